The van der Waals surface area contributed by atoms with Crippen LogP contribution in [-0.4, -0.2) is 33.5 Å². The van der Waals surface area contributed by atoms with Gasteiger partial charge in [-0.1, -0.05) is 6.07 Å². The minimum atomic E-state index is -0.432. The molecule has 1 fully saturated rings. The molecule has 6 rings (SSSR count). The largest absolute Gasteiger partial charge is 0.494 e. The van der Waals surface area contributed by atoms with Crippen LogP contribution < -0.4 is 24.4 Å². The summed E-state index contributed by atoms with van der Waals surface area (Å²) in [4.78, 5) is 17.7. The van der Waals surface area contributed by atoms with Crippen LogP contribution in [0, 0.1) is 24.0 Å². The average Bonchev–Trinajstić information content (AvgIpc) is 3.63. The molecule has 2 aliphatic rings. The van der Waals surface area contributed by atoms with E-state index in [1.807, 2.05) is 54.8 Å². The summed E-state index contributed by atoms with van der Waals surface area (Å²) in [5.41, 5.74) is 5.30. The van der Waals surface area contributed by atoms with Gasteiger partial charge in [0.2, 0.25) is 6.79 Å². The highest BCUT2D eigenvalue weighted by Crippen LogP contribution is 2.46. The Morgan fingerprint density at radius 1 is 1.10 bits per heavy atom. The Morgan fingerprint density at radius 2 is 1.92 bits per heavy atom. The van der Waals surface area contributed by atoms with Gasteiger partial charge in [-0.05, 0) is 68.0 Å². The number of thiocarbonyl (C=S) groups is 1. The Kier molecular flexibility index (Phi) is 6.07. The van der Waals surface area contributed by atoms with Gasteiger partial charge >= 0.3 is 0 Å². The Bertz CT molecular complexity index is 1610. The maximum atomic E-state index is 11.4. The molecule has 0 bridgehead atoms. The molecule has 4 aromatic rings. The molecule has 1 saturated heterocycles. The number of aromatic nitrogens is 2. The van der Waals surface area contributed by atoms with Crippen molar-refractivity contribution in [2.45, 2.75) is 25.9 Å². The summed E-state index contributed by atoms with van der Waals surface area (Å²) in [5.74, 6) is 1.76. The molecule has 1 N–H and O–H groups in total. The number of nitro groups is 1. The first kappa shape index (κ1) is 24.7. The van der Waals surface area contributed by atoms with E-state index >= 15 is 0 Å². The van der Waals surface area contributed by atoms with Gasteiger partial charge in [0, 0.05) is 35.4 Å². The molecule has 0 amide bonds. The number of hydrogen-bond donors (Lipinski definition) is 1. The van der Waals surface area contributed by atoms with E-state index in [0.29, 0.717) is 28.0 Å². The number of pyridine rings is 1. The topological polar surface area (TPSA) is 104 Å². The van der Waals surface area contributed by atoms with Crippen molar-refractivity contribution in [3.63, 3.8) is 0 Å². The first-order chi connectivity index (χ1) is 18.9. The second-order valence-corrected chi connectivity index (χ2v) is 9.70. The third kappa shape index (κ3) is 4.11. The van der Waals surface area contributed by atoms with Crippen LogP contribution in [0.4, 0.5) is 11.4 Å². The van der Waals surface area contributed by atoms with Crippen LogP contribution in [0.1, 0.15) is 34.7 Å². The number of rotatable bonds is 6. The number of ether oxygens (including phenoxy) is 3. The molecule has 0 saturated carbocycles. The van der Waals surface area contributed by atoms with Crippen LogP contribution in [0.25, 0.3) is 5.69 Å². The van der Waals surface area contributed by atoms with Gasteiger partial charge < -0.3 is 29.0 Å². The Labute approximate surface area is 229 Å². The van der Waals surface area contributed by atoms with Crippen molar-refractivity contribution in [3.05, 3.63) is 99.6 Å². The lowest BCUT2D eigenvalue weighted by atomic mass is 9.96. The van der Waals surface area contributed by atoms with Crippen LogP contribution in [0.5, 0.6) is 17.2 Å². The van der Waals surface area contributed by atoms with E-state index < -0.39 is 4.92 Å². The second-order valence-electron chi connectivity index (χ2n) is 9.31. The van der Waals surface area contributed by atoms with Crippen molar-refractivity contribution in [2.75, 3.05) is 18.8 Å². The lowest BCUT2D eigenvalue weighted by molar-refractivity contribution is -0.384. The Hall–Kier alpha value is -4.64. The van der Waals surface area contributed by atoms with Crippen molar-refractivity contribution < 1.29 is 19.1 Å². The van der Waals surface area contributed by atoms with Crippen molar-refractivity contribution in [1.82, 2.24) is 14.9 Å². The molecule has 0 aliphatic carbocycles. The number of nitro benzene ring substituents is 1. The minimum absolute atomic E-state index is 0.0344. The fourth-order valence-corrected chi connectivity index (χ4v) is 5.75. The monoisotopic (exact) mass is 543 g/mol. The van der Waals surface area contributed by atoms with E-state index in [1.54, 1.807) is 12.3 Å². The molecule has 2 atom stereocenters. The van der Waals surface area contributed by atoms with Gasteiger partial charge in [-0.25, -0.2) is 0 Å². The van der Waals surface area contributed by atoms with Crippen LogP contribution >= 0.6 is 12.2 Å². The number of aryl methyl sites for hydroxylation is 1. The number of hydrogen-bond acceptors (Lipinski definition) is 7. The smallest absolute Gasteiger partial charge is 0.273 e. The zero-order valence-corrected chi connectivity index (χ0v) is 22.3. The van der Waals surface area contributed by atoms with E-state index in [9.17, 15) is 10.1 Å². The molecule has 39 heavy (non-hydrogen) atoms. The highest BCUT2D eigenvalue weighted by atomic mass is 32.1. The SMILES string of the molecule is COc1cc([N+](=O)[O-])ccc1-n1c(C)cc([C@H]2[C@H](c3ccccn3)NC(=S)N2c2ccc3c(c2)OCO3)c1C. The predicted octanol–water partition coefficient (Wildman–Crippen LogP) is 5.31. The van der Waals surface area contributed by atoms with Gasteiger partial charge in [-0.2, -0.15) is 0 Å². The molecule has 0 unspecified atom stereocenters. The first-order valence-corrected chi connectivity index (χ1v) is 12.7. The summed E-state index contributed by atoms with van der Waals surface area (Å²) in [7, 11) is 1.51. The van der Waals surface area contributed by atoms with Gasteiger partial charge in [0.15, 0.2) is 16.6 Å². The number of fused-ring (bicyclic) bond motifs is 1. The van der Waals surface area contributed by atoms with Gasteiger partial charge in [0.05, 0.1) is 41.6 Å². The maximum Gasteiger partial charge on any atom is 0.273 e. The Balaban J connectivity index is 1.51. The molecule has 2 aliphatic heterocycles. The third-order valence-electron chi connectivity index (χ3n) is 7.14. The van der Waals surface area contributed by atoms with Gasteiger partial charge in [-0.3, -0.25) is 15.1 Å². The first-order valence-electron chi connectivity index (χ1n) is 12.3. The lowest BCUT2D eigenvalue weighted by Crippen LogP contribution is -2.29. The highest BCUT2D eigenvalue weighted by molar-refractivity contribution is 7.80. The quantitative estimate of drug-likeness (QED) is 0.197. The standard InChI is InChI=1S/C28H25N5O5S/c1-16-12-20(17(2)31(16)22-9-7-19(33(34)35)14-24(22)36-3)27-26(21-6-4-5-11-29-21)30-28(39)32(27)18-8-10-23-25(13-18)38-15-37-23/h4-14,26-27H,15H2,1-3H3,(H,30,39)/t26-,27-/m0/s1. The van der Waals surface area contributed by atoms with Gasteiger partial charge in [0.1, 0.15) is 5.75 Å². The highest BCUT2D eigenvalue weighted by Gasteiger charge is 2.42. The van der Waals surface area contributed by atoms with Gasteiger partial charge in [0.25, 0.3) is 5.69 Å². The maximum absolute atomic E-state index is 11.4. The minimum Gasteiger partial charge on any atom is -0.494 e. The molecule has 11 heteroatoms. The van der Waals surface area contributed by atoms with Crippen LogP contribution in [0.3, 0.4) is 0 Å². The number of benzene rings is 2. The molecule has 198 valence electrons. The lowest BCUT2D eigenvalue weighted by Gasteiger charge is -2.28. The van der Waals surface area contributed by atoms with E-state index in [-0.39, 0.29) is 24.6 Å². The number of non-ortho nitro benzene ring substituents is 1. The summed E-state index contributed by atoms with van der Waals surface area (Å²) >= 11 is 5.88. The normalized spacial score (nSPS) is 17.8. The van der Waals surface area contributed by atoms with E-state index in [4.69, 9.17) is 26.4 Å². The summed E-state index contributed by atoms with van der Waals surface area (Å²) in [6.45, 7) is 4.20. The molecule has 2 aromatic carbocycles. The molecule has 4 heterocycles. The summed E-state index contributed by atoms with van der Waals surface area (Å²) < 4.78 is 18.8. The predicted molar refractivity (Wildman–Crippen MR) is 149 cm³/mol. The van der Waals surface area contributed by atoms with E-state index in [2.05, 4.69) is 21.3 Å². The van der Waals surface area contributed by atoms with Crippen LogP contribution in [-0.2, 0) is 0 Å². The molecule has 0 spiro atoms. The molecule has 2 aromatic heterocycles. The number of anilines is 1. The molecular weight excluding hydrogens is 518 g/mol. The molecule has 10 nitrogen and oxygen atoms in total. The second kappa shape index (κ2) is 9.59. The van der Waals surface area contributed by atoms with Crippen molar-refractivity contribution in [1.29, 1.82) is 0 Å². The summed E-state index contributed by atoms with van der Waals surface area (Å²) in [6.07, 6.45) is 1.77. The fourth-order valence-electron chi connectivity index (χ4n) is 5.41. The average molecular weight is 544 g/mol. The van der Waals surface area contributed by atoms with Crippen LogP contribution in [0.15, 0.2) is 66.9 Å². The third-order valence-corrected chi connectivity index (χ3v) is 7.45. The summed E-state index contributed by atoms with van der Waals surface area (Å²) in [6, 6.07) is 17.9. The van der Waals surface area contributed by atoms with Gasteiger partial charge in [-0.15, -0.1) is 0 Å². The van der Waals surface area contributed by atoms with Crippen molar-refractivity contribution in [2.24, 2.45) is 0 Å². The van der Waals surface area contributed by atoms with E-state index in [1.165, 1.54) is 19.2 Å². The molecule has 0 radical (unpaired) electrons. The summed E-state index contributed by atoms with van der Waals surface area (Å²) in [5, 5.41) is 15.4. The Morgan fingerprint density at radius 3 is 2.67 bits per heavy atom. The fraction of sp³-hybridized carbons (Fsp3) is 0.214. The molecular formula is C28H25N5O5S. The number of nitrogens with one attached hydrogen (secondary N) is 1. The zero-order valence-electron chi connectivity index (χ0n) is 21.5. The van der Waals surface area contributed by atoms with Crippen molar-refractivity contribution in [3.8, 4) is 22.9 Å². The number of nitrogens with zero attached hydrogens (tertiary/aromatic N) is 4. The number of methoxy groups -OCH3 is 1. The van der Waals surface area contributed by atoms with Crippen LogP contribution in [0.2, 0.25) is 0 Å². The zero-order chi connectivity index (χ0) is 27.3. The van der Waals surface area contributed by atoms with Crippen molar-refractivity contribution >= 4 is 28.7 Å². The van der Waals surface area contributed by atoms with E-state index in [0.717, 1.165) is 28.3 Å².